The number of aryl methyl sites for hydroxylation is 2. The molecule has 1 aromatic carbocycles. The Balaban J connectivity index is 2.45. The van der Waals surface area contributed by atoms with Crippen molar-refractivity contribution >= 4 is 17.4 Å². The fourth-order valence-electron chi connectivity index (χ4n) is 1.79. The maximum Gasteiger partial charge on any atom is 0.283 e. The zero-order valence-electron chi connectivity index (χ0n) is 10.5. The van der Waals surface area contributed by atoms with Crippen molar-refractivity contribution in [3.63, 3.8) is 0 Å². The van der Waals surface area contributed by atoms with Crippen LogP contribution < -0.4 is 0 Å². The zero-order valence-corrected chi connectivity index (χ0v) is 11.3. The third kappa shape index (κ3) is 2.61. The van der Waals surface area contributed by atoms with Gasteiger partial charge in [0.15, 0.2) is 0 Å². The molecular weight excluding hydrogens is 266 g/mol. The van der Waals surface area contributed by atoms with Crippen LogP contribution in [0.2, 0.25) is 0 Å². The second-order valence-corrected chi connectivity index (χ2v) is 5.01. The SMILES string of the molecule is Cc1nn(C)c(Sc2ccccc2[N+](=O)[O-])c1CO. The number of rotatable bonds is 4. The highest BCUT2D eigenvalue weighted by Crippen LogP contribution is 2.36. The first-order valence-electron chi connectivity index (χ1n) is 5.59. The minimum absolute atomic E-state index is 0.0512. The van der Waals surface area contributed by atoms with Gasteiger partial charge in [-0.1, -0.05) is 23.9 Å². The average molecular weight is 279 g/mol. The van der Waals surface area contributed by atoms with Crippen molar-refractivity contribution in [3.05, 3.63) is 45.6 Å². The molecule has 19 heavy (non-hydrogen) atoms. The summed E-state index contributed by atoms with van der Waals surface area (Å²) in [6.07, 6.45) is 0. The molecule has 0 unspecified atom stereocenters. The third-order valence-corrected chi connectivity index (χ3v) is 3.98. The van der Waals surface area contributed by atoms with Gasteiger partial charge in [0.2, 0.25) is 0 Å². The molecule has 0 radical (unpaired) electrons. The van der Waals surface area contributed by atoms with Crippen molar-refractivity contribution in [2.24, 2.45) is 7.05 Å². The summed E-state index contributed by atoms with van der Waals surface area (Å²) < 4.78 is 1.63. The molecule has 1 N–H and O–H groups in total. The summed E-state index contributed by atoms with van der Waals surface area (Å²) in [4.78, 5) is 11.1. The summed E-state index contributed by atoms with van der Waals surface area (Å²) in [6, 6.07) is 6.53. The van der Waals surface area contributed by atoms with Crippen LogP contribution >= 0.6 is 11.8 Å². The quantitative estimate of drug-likeness (QED) is 0.686. The van der Waals surface area contributed by atoms with Gasteiger partial charge in [0, 0.05) is 18.7 Å². The fraction of sp³-hybridized carbons (Fsp3) is 0.250. The average Bonchev–Trinajstić information content (AvgIpc) is 2.64. The van der Waals surface area contributed by atoms with Gasteiger partial charge >= 0.3 is 0 Å². The molecule has 0 saturated carbocycles. The molecule has 0 aliphatic carbocycles. The number of aliphatic hydroxyl groups is 1. The molecule has 2 aromatic rings. The lowest BCUT2D eigenvalue weighted by atomic mass is 10.3. The Hall–Kier alpha value is -1.86. The normalized spacial score (nSPS) is 10.7. The van der Waals surface area contributed by atoms with Gasteiger partial charge in [-0.3, -0.25) is 14.8 Å². The fourth-order valence-corrected chi connectivity index (χ4v) is 2.90. The second kappa shape index (κ2) is 5.41. The van der Waals surface area contributed by atoms with Gasteiger partial charge < -0.3 is 5.11 Å². The van der Waals surface area contributed by atoms with Crippen LogP contribution in [0.25, 0.3) is 0 Å². The van der Waals surface area contributed by atoms with E-state index in [9.17, 15) is 15.2 Å². The summed E-state index contributed by atoms with van der Waals surface area (Å²) in [6.45, 7) is 1.66. The first kappa shape index (κ1) is 13.6. The smallest absolute Gasteiger partial charge is 0.283 e. The summed E-state index contributed by atoms with van der Waals surface area (Å²) in [5, 5.41) is 25.3. The zero-order chi connectivity index (χ0) is 14.0. The van der Waals surface area contributed by atoms with E-state index in [2.05, 4.69) is 5.10 Å². The molecule has 2 rings (SSSR count). The van der Waals surface area contributed by atoms with Crippen LogP contribution in [0.1, 0.15) is 11.3 Å². The number of benzene rings is 1. The highest BCUT2D eigenvalue weighted by atomic mass is 32.2. The van der Waals surface area contributed by atoms with Crippen molar-refractivity contribution in [3.8, 4) is 0 Å². The molecule has 6 nitrogen and oxygen atoms in total. The predicted octanol–water partition coefficient (Wildman–Crippen LogP) is 2.28. The molecule has 1 heterocycles. The van der Waals surface area contributed by atoms with Crippen LogP contribution in [0.3, 0.4) is 0 Å². The van der Waals surface area contributed by atoms with Crippen molar-refractivity contribution in [1.29, 1.82) is 0 Å². The lowest BCUT2D eigenvalue weighted by Crippen LogP contribution is -1.95. The van der Waals surface area contributed by atoms with E-state index in [0.29, 0.717) is 15.5 Å². The van der Waals surface area contributed by atoms with Gasteiger partial charge in [0.05, 0.1) is 22.1 Å². The Bertz CT molecular complexity index is 625. The maximum absolute atomic E-state index is 11.0. The van der Waals surface area contributed by atoms with Crippen LogP contribution in [0, 0.1) is 17.0 Å². The monoisotopic (exact) mass is 279 g/mol. The largest absolute Gasteiger partial charge is 0.392 e. The van der Waals surface area contributed by atoms with Crippen molar-refractivity contribution < 1.29 is 10.0 Å². The minimum atomic E-state index is -0.413. The molecule has 1 aromatic heterocycles. The number of aromatic nitrogens is 2. The molecule has 0 amide bonds. The van der Waals surface area contributed by atoms with Crippen LogP contribution in [0.15, 0.2) is 34.2 Å². The third-order valence-electron chi connectivity index (χ3n) is 2.72. The Morgan fingerprint density at radius 1 is 1.47 bits per heavy atom. The van der Waals surface area contributed by atoms with E-state index in [0.717, 1.165) is 5.69 Å². The van der Waals surface area contributed by atoms with Crippen molar-refractivity contribution in [2.45, 2.75) is 23.5 Å². The van der Waals surface area contributed by atoms with E-state index in [-0.39, 0.29) is 12.3 Å². The van der Waals surface area contributed by atoms with Crippen molar-refractivity contribution in [2.75, 3.05) is 0 Å². The van der Waals surface area contributed by atoms with Crippen LogP contribution in [0.5, 0.6) is 0 Å². The van der Waals surface area contributed by atoms with E-state index < -0.39 is 4.92 Å². The second-order valence-electron chi connectivity index (χ2n) is 3.98. The highest BCUT2D eigenvalue weighted by Gasteiger charge is 2.19. The maximum atomic E-state index is 11.0. The Morgan fingerprint density at radius 2 is 2.16 bits per heavy atom. The van der Waals surface area contributed by atoms with Gasteiger partial charge in [-0.05, 0) is 13.0 Å². The first-order valence-corrected chi connectivity index (χ1v) is 6.41. The molecule has 0 aliphatic rings. The Morgan fingerprint density at radius 3 is 2.79 bits per heavy atom. The standard InChI is InChI=1S/C12H13N3O3S/c1-8-9(7-16)12(14(2)13-8)19-11-6-4-3-5-10(11)15(17)18/h3-6,16H,7H2,1-2H3. The molecule has 0 fully saturated rings. The van der Waals surface area contributed by atoms with E-state index in [1.165, 1.54) is 17.8 Å². The summed E-state index contributed by atoms with van der Waals surface area (Å²) in [7, 11) is 1.75. The van der Waals surface area contributed by atoms with E-state index in [1.54, 1.807) is 36.9 Å². The lowest BCUT2D eigenvalue weighted by molar-refractivity contribution is -0.387. The van der Waals surface area contributed by atoms with Gasteiger partial charge in [-0.25, -0.2) is 0 Å². The Kier molecular flexibility index (Phi) is 3.87. The van der Waals surface area contributed by atoms with E-state index >= 15 is 0 Å². The van der Waals surface area contributed by atoms with E-state index in [1.807, 2.05) is 0 Å². The van der Waals surface area contributed by atoms with Gasteiger partial charge in [0.25, 0.3) is 5.69 Å². The highest BCUT2D eigenvalue weighted by molar-refractivity contribution is 7.99. The molecule has 7 heteroatoms. The molecular formula is C12H13N3O3S. The van der Waals surface area contributed by atoms with Gasteiger partial charge in [0.1, 0.15) is 5.03 Å². The van der Waals surface area contributed by atoms with Crippen LogP contribution in [-0.4, -0.2) is 19.8 Å². The van der Waals surface area contributed by atoms with Gasteiger partial charge in [-0.15, -0.1) is 0 Å². The lowest BCUT2D eigenvalue weighted by Gasteiger charge is -2.05. The summed E-state index contributed by atoms with van der Waals surface area (Å²) in [5.74, 6) is 0. The summed E-state index contributed by atoms with van der Waals surface area (Å²) >= 11 is 1.24. The number of para-hydroxylation sites is 1. The number of nitro groups is 1. The molecule has 100 valence electrons. The number of nitrogens with zero attached hydrogens (tertiary/aromatic N) is 3. The van der Waals surface area contributed by atoms with Crippen LogP contribution in [0.4, 0.5) is 5.69 Å². The topological polar surface area (TPSA) is 81.2 Å². The van der Waals surface area contributed by atoms with E-state index in [4.69, 9.17) is 0 Å². The Labute approximate surface area is 114 Å². The first-order chi connectivity index (χ1) is 9.04. The molecule has 0 spiro atoms. The number of hydrogen-bond acceptors (Lipinski definition) is 5. The number of nitro benzene ring substituents is 1. The van der Waals surface area contributed by atoms with Crippen molar-refractivity contribution in [1.82, 2.24) is 9.78 Å². The minimum Gasteiger partial charge on any atom is -0.392 e. The van der Waals surface area contributed by atoms with Crippen LogP contribution in [-0.2, 0) is 13.7 Å². The molecule has 0 saturated heterocycles. The number of aliphatic hydroxyl groups excluding tert-OH is 1. The predicted molar refractivity (Wildman–Crippen MR) is 71.1 cm³/mol. The van der Waals surface area contributed by atoms with Gasteiger partial charge in [-0.2, -0.15) is 5.10 Å². The molecule has 0 atom stereocenters. The molecule has 0 aliphatic heterocycles. The molecule has 0 bridgehead atoms. The summed E-state index contributed by atoms with van der Waals surface area (Å²) in [5.41, 5.74) is 1.48. The number of hydrogen-bond donors (Lipinski definition) is 1.